The van der Waals surface area contributed by atoms with Gasteiger partial charge in [0.25, 0.3) is 0 Å². The smallest absolute Gasteiger partial charge is 0.822 e. The minimum atomic E-state index is -5.39. The Bertz CT molecular complexity index is 178. The first kappa shape index (κ1) is 22.9. The molecule has 0 saturated carbocycles. The maximum atomic E-state index is 8.93. The molecule has 0 amide bonds. The van der Waals surface area contributed by atoms with E-state index in [1.807, 2.05) is 0 Å². The first-order chi connectivity index (χ1) is 4.64. The van der Waals surface area contributed by atoms with Crippen LogP contribution in [0.25, 0.3) is 0 Å². The summed E-state index contributed by atoms with van der Waals surface area (Å²) in [7, 11) is -5.39. The quantitative estimate of drug-likeness (QED) is 0.250. The summed E-state index contributed by atoms with van der Waals surface area (Å²) >= 11 is 0. The molecule has 78 valence electrons. The molecule has 0 aromatic rings. The first-order valence-electron chi connectivity index (χ1n) is 1.80. The standard InChI is InChI=1S/C2H2O4.Fe.H3N.H3O4P/c3-1(4)2(5)6;;;1-5(2,3)4/h(H,3,4)(H,5,6);;1H3;(H3,1,2,3,4)/q;+4;;/p-4. The number of carboxylic acid groups (broad SMARTS) is 2. The van der Waals surface area contributed by atoms with Crippen molar-refractivity contribution in [3.63, 3.8) is 0 Å². The van der Waals surface area contributed by atoms with Gasteiger partial charge in [0, 0.05) is 0 Å². The van der Waals surface area contributed by atoms with Gasteiger partial charge in [-0.2, -0.15) is 7.82 Å². The van der Waals surface area contributed by atoms with Crippen LogP contribution in [0.1, 0.15) is 0 Å². The molecule has 0 aliphatic carbocycles. The van der Waals surface area contributed by atoms with Gasteiger partial charge in [0.2, 0.25) is 0 Å². The average molecular weight is 257 g/mol. The van der Waals surface area contributed by atoms with Gasteiger partial charge in [-0.25, -0.2) is 0 Å². The summed E-state index contributed by atoms with van der Waals surface area (Å²) in [4.78, 5) is 43.5. The minimum Gasteiger partial charge on any atom is -0.822 e. The average Bonchev–Trinajstić information content (AvgIpc) is 1.59. The molecule has 0 saturated heterocycles. The molecule has 0 aliphatic heterocycles. The molecule has 0 spiro atoms. The van der Waals surface area contributed by atoms with Gasteiger partial charge in [0.1, 0.15) is 0 Å². The van der Waals surface area contributed by atoms with Crippen molar-refractivity contribution < 1.29 is 56.1 Å². The molecule has 0 aliphatic rings. The molecule has 0 aromatic heterocycles. The number of hydrogen-bond donors (Lipinski definition) is 1. The SMILES string of the molecule is O=C([O-])C(=O)[O-].O=P([O-])([O-])[O-].[Fe+4].[NH4+]. The number of quaternary nitrogens is 1. The minimum absolute atomic E-state index is 0. The van der Waals surface area contributed by atoms with Gasteiger partial charge in [-0.3, -0.25) is 0 Å². The Labute approximate surface area is 82.7 Å². The van der Waals surface area contributed by atoms with E-state index < -0.39 is 19.8 Å². The molecule has 4 N–H and O–H groups in total. The Hall–Kier alpha value is -0.471. The van der Waals surface area contributed by atoms with Crippen molar-refractivity contribution in [2.45, 2.75) is 0 Å². The van der Waals surface area contributed by atoms with Crippen molar-refractivity contribution in [3.8, 4) is 0 Å². The van der Waals surface area contributed by atoms with Gasteiger partial charge < -0.3 is 45.2 Å². The molecule has 0 bridgehead atoms. The summed E-state index contributed by atoms with van der Waals surface area (Å²) in [5.41, 5.74) is 0. The van der Waals surface area contributed by atoms with E-state index in [1.165, 1.54) is 0 Å². The van der Waals surface area contributed by atoms with Crippen molar-refractivity contribution in [1.82, 2.24) is 6.15 Å². The van der Waals surface area contributed by atoms with Gasteiger partial charge in [-0.15, -0.1) is 0 Å². The van der Waals surface area contributed by atoms with Crippen LogP contribution < -0.4 is 31.0 Å². The molecule has 0 fully saturated rings. The van der Waals surface area contributed by atoms with E-state index in [9.17, 15) is 0 Å². The Morgan fingerprint density at radius 3 is 1.00 bits per heavy atom. The number of hydrogen-bond acceptors (Lipinski definition) is 8. The third-order valence-electron chi connectivity index (χ3n) is 0.167. The third-order valence-corrected chi connectivity index (χ3v) is 0.167. The summed E-state index contributed by atoms with van der Waals surface area (Å²) in [6, 6.07) is 0. The second kappa shape index (κ2) is 9.62. The van der Waals surface area contributed by atoms with Gasteiger partial charge in [-0.1, -0.05) is 0 Å². The summed E-state index contributed by atoms with van der Waals surface area (Å²) in [6.07, 6.45) is 0. The Morgan fingerprint density at radius 1 is 0.923 bits per heavy atom. The monoisotopic (exact) mass is 257 g/mol. The molecule has 0 rings (SSSR count). The molecular weight excluding hydrogens is 253 g/mol. The predicted molar refractivity (Wildman–Crippen MR) is 23.6 cm³/mol. The van der Waals surface area contributed by atoms with Crippen LogP contribution in [0.3, 0.4) is 0 Å². The van der Waals surface area contributed by atoms with Crippen LogP contribution in [0.15, 0.2) is 0 Å². The fourth-order valence-electron chi connectivity index (χ4n) is 0. The molecule has 0 atom stereocenters. The Balaban J connectivity index is -0.0000000546. The van der Waals surface area contributed by atoms with E-state index in [2.05, 4.69) is 0 Å². The number of carbonyl (C=O) groups is 2. The number of aliphatic carboxylic acids is 2. The van der Waals surface area contributed by atoms with Gasteiger partial charge in [0.05, 0.1) is 11.9 Å². The molecular formula is C2H4FeNO8P. The molecule has 11 heteroatoms. The van der Waals surface area contributed by atoms with Gasteiger partial charge in [0.15, 0.2) is 0 Å². The van der Waals surface area contributed by atoms with E-state index in [0.29, 0.717) is 0 Å². The first-order valence-corrected chi connectivity index (χ1v) is 3.26. The maximum Gasteiger partial charge on any atom is 4.00 e. The summed E-state index contributed by atoms with van der Waals surface area (Å²) in [5.74, 6) is -4.37. The van der Waals surface area contributed by atoms with E-state index in [0.717, 1.165) is 0 Å². The molecule has 0 heterocycles. The molecule has 9 nitrogen and oxygen atoms in total. The summed E-state index contributed by atoms with van der Waals surface area (Å²) in [5, 5.41) is 17.9. The largest absolute Gasteiger partial charge is 4.00 e. The van der Waals surface area contributed by atoms with Crippen LogP contribution in [-0.4, -0.2) is 11.9 Å². The van der Waals surface area contributed by atoms with E-state index >= 15 is 0 Å². The Morgan fingerprint density at radius 2 is 1.00 bits per heavy atom. The van der Waals surface area contributed by atoms with Crippen LogP contribution in [0.4, 0.5) is 0 Å². The zero-order chi connectivity index (χ0) is 9.65. The fraction of sp³-hybridized carbons (Fsp3) is 0. The fourth-order valence-corrected chi connectivity index (χ4v) is 0. The molecule has 0 aromatic carbocycles. The molecule has 0 radical (unpaired) electrons. The molecule has 13 heavy (non-hydrogen) atoms. The van der Waals surface area contributed by atoms with Crippen LogP contribution >= 0.6 is 7.82 Å². The molecule has 0 unspecified atom stereocenters. The van der Waals surface area contributed by atoms with Gasteiger partial charge >= 0.3 is 17.1 Å². The van der Waals surface area contributed by atoms with Crippen LogP contribution in [0.5, 0.6) is 0 Å². The van der Waals surface area contributed by atoms with Gasteiger partial charge in [-0.05, 0) is 0 Å². The second-order valence-corrected chi connectivity index (χ2v) is 1.92. The second-order valence-electron chi connectivity index (χ2n) is 1.02. The van der Waals surface area contributed by atoms with Crippen molar-refractivity contribution in [1.29, 1.82) is 0 Å². The zero-order valence-corrected chi connectivity index (χ0v) is 8.07. The number of rotatable bonds is 0. The summed E-state index contributed by atoms with van der Waals surface area (Å²) in [6.45, 7) is 0. The van der Waals surface area contributed by atoms with Crippen LogP contribution in [0, 0.1) is 0 Å². The number of phosphoric acid groups is 1. The zero-order valence-electron chi connectivity index (χ0n) is 6.07. The summed E-state index contributed by atoms with van der Waals surface area (Å²) < 4.78 is 8.55. The van der Waals surface area contributed by atoms with Crippen molar-refractivity contribution in [2.24, 2.45) is 0 Å². The predicted octanol–water partition coefficient (Wildman–Crippen LogP) is -5.96. The van der Waals surface area contributed by atoms with E-state index in [-0.39, 0.29) is 23.2 Å². The van der Waals surface area contributed by atoms with Crippen molar-refractivity contribution >= 4 is 19.8 Å². The maximum absolute atomic E-state index is 8.93. The number of carbonyl (C=O) groups excluding carboxylic acids is 2. The van der Waals surface area contributed by atoms with E-state index in [1.54, 1.807) is 0 Å². The normalized spacial score (nSPS) is 7.92. The van der Waals surface area contributed by atoms with Crippen LogP contribution in [-0.2, 0) is 31.2 Å². The topological polar surface area (TPSA) is 203 Å². The third kappa shape index (κ3) is 84.0. The van der Waals surface area contributed by atoms with Crippen LogP contribution in [0.2, 0.25) is 0 Å². The van der Waals surface area contributed by atoms with E-state index in [4.69, 9.17) is 39.0 Å². The number of carboxylic acids is 2. The Kier molecular flexibility index (Phi) is 16.9. The van der Waals surface area contributed by atoms with Crippen molar-refractivity contribution in [3.05, 3.63) is 0 Å². The van der Waals surface area contributed by atoms with Crippen molar-refractivity contribution in [2.75, 3.05) is 0 Å².